The topological polar surface area (TPSA) is 92.3 Å². The molecular weight excluding hydrogens is 272 g/mol. The van der Waals surface area contributed by atoms with Gasteiger partial charge in [-0.15, -0.1) is 0 Å². The van der Waals surface area contributed by atoms with Gasteiger partial charge in [0, 0.05) is 24.5 Å². The molecule has 1 N–H and O–H groups in total. The number of aromatic nitrogens is 3. The first-order chi connectivity index (χ1) is 10.2. The Balaban J connectivity index is 1.66. The van der Waals surface area contributed by atoms with Crippen molar-refractivity contribution >= 4 is 5.97 Å². The van der Waals surface area contributed by atoms with E-state index in [-0.39, 0.29) is 5.92 Å². The third-order valence-electron chi connectivity index (χ3n) is 3.62. The van der Waals surface area contributed by atoms with Crippen molar-refractivity contribution in [3.63, 3.8) is 0 Å². The lowest BCUT2D eigenvalue weighted by Gasteiger charge is -2.29. The SMILES string of the molecule is O=C(O)C1CCCN(Cc2nc(-c3ccncc3)no2)C1. The lowest BCUT2D eigenvalue weighted by molar-refractivity contribution is -0.143. The summed E-state index contributed by atoms with van der Waals surface area (Å²) in [7, 11) is 0. The summed E-state index contributed by atoms with van der Waals surface area (Å²) in [5.74, 6) is -0.00362. The molecule has 3 heterocycles. The fraction of sp³-hybridized carbons (Fsp3) is 0.429. The summed E-state index contributed by atoms with van der Waals surface area (Å²) in [5, 5.41) is 13.0. The molecule has 0 bridgehead atoms. The predicted molar refractivity (Wildman–Crippen MR) is 73.2 cm³/mol. The molecule has 0 aliphatic carbocycles. The third kappa shape index (κ3) is 3.25. The maximum atomic E-state index is 11.1. The summed E-state index contributed by atoms with van der Waals surface area (Å²) in [6, 6.07) is 3.63. The van der Waals surface area contributed by atoms with Crippen molar-refractivity contribution in [2.45, 2.75) is 19.4 Å². The maximum Gasteiger partial charge on any atom is 0.307 e. The Kier molecular flexibility index (Phi) is 3.92. The molecule has 2 aromatic rings. The molecule has 0 spiro atoms. The van der Waals surface area contributed by atoms with E-state index >= 15 is 0 Å². The second kappa shape index (κ2) is 6.01. The number of aliphatic carboxylic acids is 1. The Hall–Kier alpha value is -2.28. The highest BCUT2D eigenvalue weighted by molar-refractivity contribution is 5.70. The van der Waals surface area contributed by atoms with Crippen LogP contribution >= 0.6 is 0 Å². The first-order valence-electron chi connectivity index (χ1n) is 6.90. The largest absolute Gasteiger partial charge is 0.481 e. The van der Waals surface area contributed by atoms with E-state index in [0.29, 0.717) is 24.8 Å². The van der Waals surface area contributed by atoms with Gasteiger partial charge in [0.1, 0.15) is 0 Å². The number of likely N-dealkylation sites (tertiary alicyclic amines) is 1. The van der Waals surface area contributed by atoms with E-state index in [1.54, 1.807) is 12.4 Å². The first kappa shape index (κ1) is 13.7. The highest BCUT2D eigenvalue weighted by atomic mass is 16.5. The van der Waals surface area contributed by atoms with Gasteiger partial charge in [-0.25, -0.2) is 0 Å². The molecule has 2 aromatic heterocycles. The van der Waals surface area contributed by atoms with Gasteiger partial charge in [-0.05, 0) is 31.5 Å². The molecule has 0 aromatic carbocycles. The zero-order valence-corrected chi connectivity index (χ0v) is 11.5. The van der Waals surface area contributed by atoms with Crippen LogP contribution in [0.4, 0.5) is 0 Å². The minimum atomic E-state index is -0.734. The van der Waals surface area contributed by atoms with Crippen LogP contribution in [0.1, 0.15) is 18.7 Å². The minimum absolute atomic E-state index is 0.304. The summed E-state index contributed by atoms with van der Waals surface area (Å²) >= 11 is 0. The van der Waals surface area contributed by atoms with Crippen LogP contribution in [0.2, 0.25) is 0 Å². The Labute approximate surface area is 121 Å². The molecule has 3 rings (SSSR count). The van der Waals surface area contributed by atoms with Crippen LogP contribution < -0.4 is 0 Å². The molecule has 21 heavy (non-hydrogen) atoms. The smallest absolute Gasteiger partial charge is 0.307 e. The van der Waals surface area contributed by atoms with Gasteiger partial charge in [-0.3, -0.25) is 14.7 Å². The van der Waals surface area contributed by atoms with Crippen molar-refractivity contribution < 1.29 is 14.4 Å². The van der Waals surface area contributed by atoms with Crippen molar-refractivity contribution in [1.29, 1.82) is 0 Å². The van der Waals surface area contributed by atoms with Gasteiger partial charge in [0.25, 0.3) is 0 Å². The molecule has 1 atom stereocenters. The number of carboxylic acids is 1. The van der Waals surface area contributed by atoms with E-state index in [1.807, 2.05) is 17.0 Å². The quantitative estimate of drug-likeness (QED) is 0.909. The summed E-state index contributed by atoms with van der Waals surface area (Å²) in [4.78, 5) is 21.4. The molecule has 7 heteroatoms. The van der Waals surface area contributed by atoms with Crippen molar-refractivity contribution in [3.05, 3.63) is 30.4 Å². The summed E-state index contributed by atoms with van der Waals surface area (Å²) in [6.45, 7) is 1.88. The number of pyridine rings is 1. The summed E-state index contributed by atoms with van der Waals surface area (Å²) in [6.07, 6.45) is 4.96. The number of carbonyl (C=O) groups is 1. The average Bonchev–Trinajstić information content (AvgIpc) is 2.97. The molecule has 0 saturated carbocycles. The van der Waals surface area contributed by atoms with E-state index in [2.05, 4.69) is 15.1 Å². The van der Waals surface area contributed by atoms with Crippen molar-refractivity contribution in [2.24, 2.45) is 5.92 Å². The Bertz CT molecular complexity index is 614. The van der Waals surface area contributed by atoms with Crippen molar-refractivity contribution in [3.8, 4) is 11.4 Å². The zero-order chi connectivity index (χ0) is 14.7. The summed E-state index contributed by atoms with van der Waals surface area (Å²) in [5.41, 5.74) is 0.849. The van der Waals surface area contributed by atoms with Gasteiger partial charge in [-0.1, -0.05) is 5.16 Å². The lowest BCUT2D eigenvalue weighted by atomic mass is 9.98. The molecule has 110 valence electrons. The molecule has 0 amide bonds. The second-order valence-corrected chi connectivity index (χ2v) is 5.16. The van der Waals surface area contributed by atoms with Gasteiger partial charge in [0.15, 0.2) is 0 Å². The van der Waals surface area contributed by atoms with Gasteiger partial charge in [-0.2, -0.15) is 4.98 Å². The van der Waals surface area contributed by atoms with Crippen molar-refractivity contribution in [2.75, 3.05) is 13.1 Å². The monoisotopic (exact) mass is 288 g/mol. The van der Waals surface area contributed by atoms with Gasteiger partial charge in [0.05, 0.1) is 12.5 Å². The van der Waals surface area contributed by atoms with Crippen LogP contribution in [0.15, 0.2) is 29.0 Å². The van der Waals surface area contributed by atoms with Crippen LogP contribution in [-0.2, 0) is 11.3 Å². The van der Waals surface area contributed by atoms with E-state index in [0.717, 1.165) is 24.9 Å². The molecule has 1 aliphatic rings. The minimum Gasteiger partial charge on any atom is -0.481 e. The van der Waals surface area contributed by atoms with Crippen LogP contribution in [0.25, 0.3) is 11.4 Å². The van der Waals surface area contributed by atoms with E-state index < -0.39 is 5.97 Å². The van der Waals surface area contributed by atoms with Gasteiger partial charge < -0.3 is 9.63 Å². The molecule has 1 saturated heterocycles. The number of piperidine rings is 1. The van der Waals surface area contributed by atoms with Crippen LogP contribution in [0.3, 0.4) is 0 Å². The number of hydrogen-bond donors (Lipinski definition) is 1. The lowest BCUT2D eigenvalue weighted by Crippen LogP contribution is -2.38. The number of rotatable bonds is 4. The third-order valence-corrected chi connectivity index (χ3v) is 3.62. The Morgan fingerprint density at radius 1 is 1.43 bits per heavy atom. The first-order valence-corrected chi connectivity index (χ1v) is 6.90. The fourth-order valence-electron chi connectivity index (χ4n) is 2.53. The molecule has 0 radical (unpaired) electrons. The molecule has 1 fully saturated rings. The van der Waals surface area contributed by atoms with Crippen LogP contribution in [0, 0.1) is 5.92 Å². The van der Waals surface area contributed by atoms with E-state index in [4.69, 9.17) is 9.63 Å². The highest BCUT2D eigenvalue weighted by Crippen LogP contribution is 2.19. The summed E-state index contributed by atoms with van der Waals surface area (Å²) < 4.78 is 5.25. The molecule has 1 aliphatic heterocycles. The number of hydrogen-bond acceptors (Lipinski definition) is 6. The zero-order valence-electron chi connectivity index (χ0n) is 11.5. The molecule has 1 unspecified atom stereocenters. The fourth-order valence-corrected chi connectivity index (χ4v) is 2.53. The van der Waals surface area contributed by atoms with E-state index in [1.165, 1.54) is 0 Å². The van der Waals surface area contributed by atoms with Crippen LogP contribution in [-0.4, -0.2) is 44.2 Å². The normalized spacial score (nSPS) is 19.5. The second-order valence-electron chi connectivity index (χ2n) is 5.16. The molecular formula is C14H16N4O3. The van der Waals surface area contributed by atoms with Crippen LogP contribution in [0.5, 0.6) is 0 Å². The van der Waals surface area contributed by atoms with Crippen molar-refractivity contribution in [1.82, 2.24) is 20.0 Å². The maximum absolute atomic E-state index is 11.1. The van der Waals surface area contributed by atoms with Gasteiger partial charge in [0.2, 0.25) is 11.7 Å². The number of carboxylic acid groups (broad SMARTS) is 1. The Morgan fingerprint density at radius 3 is 3.00 bits per heavy atom. The average molecular weight is 288 g/mol. The number of nitrogens with zero attached hydrogens (tertiary/aromatic N) is 4. The molecule has 7 nitrogen and oxygen atoms in total. The predicted octanol–water partition coefficient (Wildman–Crippen LogP) is 1.43. The van der Waals surface area contributed by atoms with E-state index in [9.17, 15) is 4.79 Å². The highest BCUT2D eigenvalue weighted by Gasteiger charge is 2.26. The van der Waals surface area contributed by atoms with Gasteiger partial charge >= 0.3 is 5.97 Å². The Morgan fingerprint density at radius 2 is 2.24 bits per heavy atom. The standard InChI is InChI=1S/C14H16N4O3/c19-14(20)11-2-1-7-18(8-11)9-12-16-13(17-21-12)10-3-5-15-6-4-10/h3-6,11H,1-2,7-9H2,(H,19,20).